The molecular formula is C19H15F3N4O3. The summed E-state index contributed by atoms with van der Waals surface area (Å²) < 4.78 is 45.8. The molecule has 4 rings (SSSR count). The largest absolute Gasteiger partial charge is 0.449 e. The molecule has 7 nitrogen and oxygen atoms in total. The number of nitrogens with zero attached hydrogens (tertiary/aromatic N) is 3. The fourth-order valence-electron chi connectivity index (χ4n) is 3.18. The molecule has 0 atom stereocenters. The molecular weight excluding hydrogens is 389 g/mol. The van der Waals surface area contributed by atoms with Crippen molar-refractivity contribution in [3.8, 4) is 0 Å². The van der Waals surface area contributed by atoms with Gasteiger partial charge >= 0.3 is 12.3 Å². The standard InChI is InChI=1S/C19H15F3N4O3/c20-19(21,22)17-24-14-6-1-2-7-15(14)26(17)11-16(27)23-12-4-3-5-13(10-12)25-8-9-29-18(25)28/h1-7,10H,8-9,11H2,(H,23,27). The van der Waals surface area contributed by atoms with Crippen LogP contribution >= 0.6 is 0 Å². The van der Waals surface area contributed by atoms with Crippen LogP contribution in [0.15, 0.2) is 48.5 Å². The molecule has 2 heterocycles. The van der Waals surface area contributed by atoms with E-state index in [9.17, 15) is 22.8 Å². The highest BCUT2D eigenvalue weighted by Crippen LogP contribution is 2.31. The van der Waals surface area contributed by atoms with E-state index in [2.05, 4.69) is 10.3 Å². The first kappa shape index (κ1) is 18.8. The van der Waals surface area contributed by atoms with E-state index in [1.54, 1.807) is 36.4 Å². The van der Waals surface area contributed by atoms with Gasteiger partial charge in [0.05, 0.1) is 17.6 Å². The summed E-state index contributed by atoms with van der Waals surface area (Å²) in [7, 11) is 0. The lowest BCUT2D eigenvalue weighted by molar-refractivity contribution is -0.147. The number of benzene rings is 2. The average molecular weight is 404 g/mol. The first-order chi connectivity index (χ1) is 13.8. The van der Waals surface area contributed by atoms with Gasteiger partial charge in [-0.1, -0.05) is 18.2 Å². The van der Waals surface area contributed by atoms with Crippen LogP contribution in [-0.2, 0) is 22.3 Å². The van der Waals surface area contributed by atoms with Gasteiger partial charge in [0.2, 0.25) is 11.7 Å². The number of carbonyl (C=O) groups excluding carboxylic acids is 2. The van der Waals surface area contributed by atoms with Crippen molar-refractivity contribution in [1.29, 1.82) is 0 Å². The molecule has 10 heteroatoms. The summed E-state index contributed by atoms with van der Waals surface area (Å²) in [5, 5.41) is 2.57. The van der Waals surface area contributed by atoms with Gasteiger partial charge in [-0.05, 0) is 30.3 Å². The summed E-state index contributed by atoms with van der Waals surface area (Å²) in [6, 6.07) is 12.5. The van der Waals surface area contributed by atoms with Gasteiger partial charge in [-0.2, -0.15) is 13.2 Å². The smallest absolute Gasteiger partial charge is 0.447 e. The molecule has 1 aliphatic rings. The van der Waals surface area contributed by atoms with Crippen molar-refractivity contribution in [2.45, 2.75) is 12.7 Å². The monoisotopic (exact) mass is 404 g/mol. The van der Waals surface area contributed by atoms with Gasteiger partial charge < -0.3 is 14.6 Å². The molecule has 1 aromatic heterocycles. The summed E-state index contributed by atoms with van der Waals surface area (Å²) in [5.41, 5.74) is 1.24. The molecule has 0 spiro atoms. The van der Waals surface area contributed by atoms with Crippen LogP contribution in [-0.4, -0.2) is 34.7 Å². The predicted molar refractivity (Wildman–Crippen MR) is 98.5 cm³/mol. The Labute approximate surface area is 162 Å². The number of halogens is 3. The van der Waals surface area contributed by atoms with E-state index in [-0.39, 0.29) is 17.6 Å². The van der Waals surface area contributed by atoms with Crippen molar-refractivity contribution < 1.29 is 27.5 Å². The molecule has 0 bridgehead atoms. The molecule has 2 aromatic carbocycles. The number of para-hydroxylation sites is 2. The summed E-state index contributed by atoms with van der Waals surface area (Å²) >= 11 is 0. The lowest BCUT2D eigenvalue weighted by atomic mass is 10.2. The number of hydrogen-bond donors (Lipinski definition) is 1. The number of imidazole rings is 1. The number of cyclic esters (lactones) is 1. The van der Waals surface area contributed by atoms with Crippen LogP contribution in [0.1, 0.15) is 5.82 Å². The number of hydrogen-bond acceptors (Lipinski definition) is 4. The van der Waals surface area contributed by atoms with Gasteiger partial charge in [-0.3, -0.25) is 9.69 Å². The van der Waals surface area contributed by atoms with Crippen LogP contribution in [0.25, 0.3) is 11.0 Å². The zero-order chi connectivity index (χ0) is 20.6. The van der Waals surface area contributed by atoms with E-state index in [0.29, 0.717) is 17.9 Å². The van der Waals surface area contributed by atoms with E-state index in [4.69, 9.17) is 4.74 Å². The molecule has 0 unspecified atom stereocenters. The Morgan fingerprint density at radius 3 is 2.69 bits per heavy atom. The van der Waals surface area contributed by atoms with Gasteiger partial charge in [-0.25, -0.2) is 9.78 Å². The van der Waals surface area contributed by atoms with E-state index < -0.39 is 30.5 Å². The minimum atomic E-state index is -4.70. The SMILES string of the molecule is O=C(Cn1c(C(F)(F)F)nc2ccccc21)Nc1cccc(N2CCOC2=O)c1. The van der Waals surface area contributed by atoms with Crippen LogP contribution in [0.4, 0.5) is 29.3 Å². The van der Waals surface area contributed by atoms with Crippen molar-refractivity contribution in [3.63, 3.8) is 0 Å². The minimum absolute atomic E-state index is 0.155. The molecule has 0 aliphatic carbocycles. The first-order valence-electron chi connectivity index (χ1n) is 8.69. The van der Waals surface area contributed by atoms with Crippen LogP contribution in [0.3, 0.4) is 0 Å². The lowest BCUT2D eigenvalue weighted by Crippen LogP contribution is -2.24. The average Bonchev–Trinajstić information content (AvgIpc) is 3.26. The zero-order valence-electron chi connectivity index (χ0n) is 14.9. The molecule has 1 saturated heterocycles. The Hall–Kier alpha value is -3.56. The fraction of sp³-hybridized carbons (Fsp3) is 0.211. The van der Waals surface area contributed by atoms with Gasteiger partial charge in [0.15, 0.2) is 0 Å². The summed E-state index contributed by atoms with van der Waals surface area (Å²) in [4.78, 5) is 29.2. The first-order valence-corrected chi connectivity index (χ1v) is 8.69. The number of anilines is 2. The van der Waals surface area contributed by atoms with E-state index in [1.165, 1.54) is 17.0 Å². The van der Waals surface area contributed by atoms with E-state index in [1.807, 2.05) is 0 Å². The molecule has 29 heavy (non-hydrogen) atoms. The van der Waals surface area contributed by atoms with Crippen molar-refractivity contribution in [2.24, 2.45) is 0 Å². The zero-order valence-corrected chi connectivity index (χ0v) is 14.9. The lowest BCUT2D eigenvalue weighted by Gasteiger charge is -2.15. The number of amides is 2. The van der Waals surface area contributed by atoms with Crippen molar-refractivity contribution in [1.82, 2.24) is 9.55 Å². The van der Waals surface area contributed by atoms with Gasteiger partial charge in [0.25, 0.3) is 0 Å². The van der Waals surface area contributed by atoms with Crippen LogP contribution in [0.2, 0.25) is 0 Å². The maximum atomic E-state index is 13.4. The topological polar surface area (TPSA) is 76.5 Å². The highest BCUT2D eigenvalue weighted by atomic mass is 19.4. The second-order valence-electron chi connectivity index (χ2n) is 6.37. The van der Waals surface area contributed by atoms with Crippen LogP contribution < -0.4 is 10.2 Å². The van der Waals surface area contributed by atoms with Crippen LogP contribution in [0.5, 0.6) is 0 Å². The number of nitrogens with one attached hydrogen (secondary N) is 1. The summed E-state index contributed by atoms with van der Waals surface area (Å²) in [6.45, 7) is 0.0842. The quantitative estimate of drug-likeness (QED) is 0.720. The Morgan fingerprint density at radius 1 is 1.17 bits per heavy atom. The molecule has 1 fully saturated rings. The minimum Gasteiger partial charge on any atom is -0.447 e. The number of ether oxygens (including phenoxy) is 1. The second kappa shape index (κ2) is 7.12. The Morgan fingerprint density at radius 2 is 1.97 bits per heavy atom. The third-order valence-electron chi connectivity index (χ3n) is 4.41. The maximum absolute atomic E-state index is 13.4. The normalized spacial score (nSPS) is 14.3. The van der Waals surface area contributed by atoms with Crippen molar-refractivity contribution in [3.05, 3.63) is 54.4 Å². The Kier molecular flexibility index (Phi) is 4.61. The maximum Gasteiger partial charge on any atom is 0.449 e. The molecule has 3 aromatic rings. The molecule has 0 saturated carbocycles. The van der Waals surface area contributed by atoms with Crippen molar-refractivity contribution >= 4 is 34.4 Å². The van der Waals surface area contributed by atoms with Gasteiger partial charge in [0, 0.05) is 11.4 Å². The van der Waals surface area contributed by atoms with Gasteiger partial charge in [0.1, 0.15) is 13.2 Å². The number of alkyl halides is 3. The Bertz CT molecular complexity index is 1090. The molecule has 150 valence electrons. The number of carbonyl (C=O) groups is 2. The molecule has 1 aliphatic heterocycles. The van der Waals surface area contributed by atoms with Gasteiger partial charge in [-0.15, -0.1) is 0 Å². The highest BCUT2D eigenvalue weighted by molar-refractivity contribution is 5.94. The Balaban J connectivity index is 1.57. The summed E-state index contributed by atoms with van der Waals surface area (Å²) in [6.07, 6.45) is -5.19. The number of aromatic nitrogens is 2. The van der Waals surface area contributed by atoms with Crippen molar-refractivity contribution in [2.75, 3.05) is 23.4 Å². The number of fused-ring (bicyclic) bond motifs is 1. The highest BCUT2D eigenvalue weighted by Gasteiger charge is 2.38. The predicted octanol–water partition coefficient (Wildman–Crippen LogP) is 3.65. The van der Waals surface area contributed by atoms with E-state index in [0.717, 1.165) is 4.57 Å². The van der Waals surface area contributed by atoms with E-state index >= 15 is 0 Å². The fourth-order valence-corrected chi connectivity index (χ4v) is 3.18. The molecule has 2 amide bonds. The third kappa shape index (κ3) is 3.73. The molecule has 1 N–H and O–H groups in total. The number of rotatable bonds is 4. The second-order valence-corrected chi connectivity index (χ2v) is 6.37. The van der Waals surface area contributed by atoms with Crippen LogP contribution in [0, 0.1) is 0 Å². The molecule has 0 radical (unpaired) electrons. The third-order valence-corrected chi connectivity index (χ3v) is 4.41. The summed E-state index contributed by atoms with van der Waals surface area (Å²) in [5.74, 6) is -1.79.